The summed E-state index contributed by atoms with van der Waals surface area (Å²) < 4.78 is 2.21. The summed E-state index contributed by atoms with van der Waals surface area (Å²) in [6.07, 6.45) is 2.11. The smallest absolute Gasteiger partial charge is 0.137 e. The van der Waals surface area contributed by atoms with E-state index >= 15 is 0 Å². The molecule has 0 atom stereocenters. The van der Waals surface area contributed by atoms with Gasteiger partial charge >= 0.3 is 0 Å². The molecule has 0 N–H and O–H groups in total. The van der Waals surface area contributed by atoms with Gasteiger partial charge in [-0.25, -0.2) is 15.0 Å². The molecule has 10 rings (SSSR count). The number of nitrogens with zero attached hydrogens (tertiary/aromatic N) is 4. The number of benzene rings is 7. The molecule has 0 spiro atoms. The van der Waals surface area contributed by atoms with Crippen LogP contribution >= 0.6 is 0 Å². The fraction of sp³-hybridized carbons (Fsp3) is 0. The number of aromatic nitrogens is 4. The summed E-state index contributed by atoms with van der Waals surface area (Å²) in [5, 5.41) is 4.72. The zero-order chi connectivity index (χ0) is 32.3. The highest BCUT2D eigenvalue weighted by atomic mass is 15.0. The Morgan fingerprint density at radius 1 is 0.367 bits per heavy atom. The molecule has 10 aromatic rings. The van der Waals surface area contributed by atoms with Crippen LogP contribution in [0.25, 0.3) is 94.0 Å². The van der Waals surface area contributed by atoms with Gasteiger partial charge in [0.25, 0.3) is 0 Å². The van der Waals surface area contributed by atoms with Crippen LogP contribution in [-0.2, 0) is 0 Å². The highest BCUT2D eigenvalue weighted by Crippen LogP contribution is 2.41. The molecule has 3 aromatic heterocycles. The van der Waals surface area contributed by atoms with Gasteiger partial charge in [0, 0.05) is 28.1 Å². The van der Waals surface area contributed by atoms with Crippen molar-refractivity contribution in [3.63, 3.8) is 0 Å². The number of hydrogen-bond donors (Lipinski definition) is 0. The minimum Gasteiger partial charge on any atom is -0.299 e. The van der Waals surface area contributed by atoms with Crippen LogP contribution in [-0.4, -0.2) is 19.4 Å². The van der Waals surface area contributed by atoms with Crippen molar-refractivity contribution in [1.29, 1.82) is 0 Å². The van der Waals surface area contributed by atoms with E-state index in [0.717, 1.165) is 77.9 Å². The predicted octanol–water partition coefficient (Wildman–Crippen LogP) is 11.4. The molecule has 0 fully saturated rings. The first kappa shape index (κ1) is 27.5. The highest BCUT2D eigenvalue weighted by Gasteiger charge is 2.19. The Morgan fingerprint density at radius 3 is 1.57 bits per heavy atom. The van der Waals surface area contributed by atoms with Gasteiger partial charge in [0.15, 0.2) is 0 Å². The summed E-state index contributed by atoms with van der Waals surface area (Å²) in [5.74, 6) is 0. The molecule has 3 heterocycles. The lowest BCUT2D eigenvalue weighted by molar-refractivity contribution is 1.23. The van der Waals surface area contributed by atoms with Gasteiger partial charge in [-0.15, -0.1) is 0 Å². The fourth-order valence-corrected chi connectivity index (χ4v) is 7.30. The summed E-state index contributed by atoms with van der Waals surface area (Å²) in [6.45, 7) is 0. The van der Waals surface area contributed by atoms with Crippen molar-refractivity contribution in [2.45, 2.75) is 0 Å². The van der Waals surface area contributed by atoms with Crippen molar-refractivity contribution in [2.75, 3.05) is 0 Å². The monoisotopic (exact) mass is 624 g/mol. The van der Waals surface area contributed by atoms with E-state index in [-0.39, 0.29) is 0 Å². The molecular weight excluding hydrogens is 597 g/mol. The SMILES string of the molecule is c1ccc(-c2cc3nc(-c4ccccc4)c(-c4ccccc4)nc3cc2-c2ccc3c(c2)c2ccccc2c2nc4ccccn4c32)cc1. The van der Waals surface area contributed by atoms with Gasteiger partial charge in [0.1, 0.15) is 5.65 Å². The summed E-state index contributed by atoms with van der Waals surface area (Å²) in [7, 11) is 0. The van der Waals surface area contributed by atoms with Gasteiger partial charge in [0.2, 0.25) is 0 Å². The Kier molecular flexibility index (Phi) is 6.15. The van der Waals surface area contributed by atoms with Crippen molar-refractivity contribution in [2.24, 2.45) is 0 Å². The second-order valence-electron chi connectivity index (χ2n) is 12.4. The van der Waals surface area contributed by atoms with Gasteiger partial charge < -0.3 is 0 Å². The minimum atomic E-state index is 0.857. The molecule has 0 saturated heterocycles. The second kappa shape index (κ2) is 11.0. The van der Waals surface area contributed by atoms with E-state index in [2.05, 4.69) is 156 Å². The van der Waals surface area contributed by atoms with E-state index < -0.39 is 0 Å². The topological polar surface area (TPSA) is 43.1 Å². The van der Waals surface area contributed by atoms with E-state index in [4.69, 9.17) is 15.0 Å². The van der Waals surface area contributed by atoms with Gasteiger partial charge in [0.05, 0.1) is 33.5 Å². The summed E-state index contributed by atoms with van der Waals surface area (Å²) in [6, 6.07) is 57.4. The van der Waals surface area contributed by atoms with Crippen molar-refractivity contribution in [3.8, 4) is 44.8 Å². The largest absolute Gasteiger partial charge is 0.299 e. The van der Waals surface area contributed by atoms with Crippen LogP contribution in [0.4, 0.5) is 0 Å². The van der Waals surface area contributed by atoms with Crippen molar-refractivity contribution in [3.05, 3.63) is 170 Å². The normalized spacial score (nSPS) is 11.7. The van der Waals surface area contributed by atoms with Crippen LogP contribution in [0.15, 0.2) is 170 Å². The Bertz CT molecular complexity index is 2860. The molecule has 0 radical (unpaired) electrons. The third-order valence-corrected chi connectivity index (χ3v) is 9.57. The standard InChI is InChI=1S/C45H28N4/c1-4-14-29(15-5-1)36-27-39-40(47-43(31-18-8-3-9-19-31)42(46-39)30-16-6-2-7-17-30)28-37(36)32-23-24-35-38(26-32)33-20-10-11-21-34(33)44-45(35)49-25-13-12-22-41(49)48-44/h1-28H. The van der Waals surface area contributed by atoms with E-state index in [9.17, 15) is 0 Å². The molecular formula is C45H28N4. The Hall–Kier alpha value is -6.65. The molecule has 0 saturated carbocycles. The van der Waals surface area contributed by atoms with Crippen LogP contribution in [0, 0.1) is 0 Å². The number of hydrogen-bond acceptors (Lipinski definition) is 3. The minimum absolute atomic E-state index is 0.857. The molecule has 0 amide bonds. The summed E-state index contributed by atoms with van der Waals surface area (Å²) in [5.41, 5.74) is 13.1. The van der Waals surface area contributed by atoms with Crippen LogP contribution in [0.2, 0.25) is 0 Å². The lowest BCUT2D eigenvalue weighted by atomic mass is 9.91. The Morgan fingerprint density at radius 2 is 0.918 bits per heavy atom. The molecule has 0 aliphatic heterocycles. The number of fused-ring (bicyclic) bond motifs is 9. The first-order chi connectivity index (χ1) is 24.3. The van der Waals surface area contributed by atoms with Crippen LogP contribution in [0.3, 0.4) is 0 Å². The van der Waals surface area contributed by atoms with Crippen molar-refractivity contribution in [1.82, 2.24) is 19.4 Å². The Balaban J connectivity index is 1.28. The maximum absolute atomic E-state index is 5.35. The highest BCUT2D eigenvalue weighted by molar-refractivity contribution is 6.24. The van der Waals surface area contributed by atoms with E-state index in [1.165, 1.54) is 16.2 Å². The first-order valence-corrected chi connectivity index (χ1v) is 16.5. The predicted molar refractivity (Wildman–Crippen MR) is 203 cm³/mol. The lowest BCUT2D eigenvalue weighted by Gasteiger charge is -2.16. The summed E-state index contributed by atoms with van der Waals surface area (Å²) in [4.78, 5) is 15.7. The molecule has 0 bridgehead atoms. The van der Waals surface area contributed by atoms with Crippen LogP contribution in [0.5, 0.6) is 0 Å². The summed E-state index contributed by atoms with van der Waals surface area (Å²) >= 11 is 0. The van der Waals surface area contributed by atoms with Gasteiger partial charge in [-0.05, 0) is 63.4 Å². The maximum Gasteiger partial charge on any atom is 0.137 e. The lowest BCUT2D eigenvalue weighted by Crippen LogP contribution is -1.97. The van der Waals surface area contributed by atoms with E-state index in [0.29, 0.717) is 0 Å². The number of imidazole rings is 1. The van der Waals surface area contributed by atoms with Crippen molar-refractivity contribution < 1.29 is 0 Å². The van der Waals surface area contributed by atoms with Gasteiger partial charge in [-0.1, -0.05) is 133 Å². The third kappa shape index (κ3) is 4.42. The third-order valence-electron chi connectivity index (χ3n) is 9.57. The molecule has 49 heavy (non-hydrogen) atoms. The number of rotatable bonds is 4. The first-order valence-electron chi connectivity index (χ1n) is 16.5. The maximum atomic E-state index is 5.35. The van der Waals surface area contributed by atoms with Gasteiger partial charge in [-0.2, -0.15) is 0 Å². The fourth-order valence-electron chi connectivity index (χ4n) is 7.30. The molecule has 4 nitrogen and oxygen atoms in total. The quantitative estimate of drug-likeness (QED) is 0.183. The zero-order valence-electron chi connectivity index (χ0n) is 26.5. The second-order valence-corrected chi connectivity index (χ2v) is 12.4. The molecule has 0 aliphatic carbocycles. The molecule has 4 heteroatoms. The average molecular weight is 625 g/mol. The molecule has 228 valence electrons. The average Bonchev–Trinajstić information content (AvgIpc) is 3.58. The number of pyridine rings is 1. The molecule has 0 unspecified atom stereocenters. The zero-order valence-corrected chi connectivity index (χ0v) is 26.5. The van der Waals surface area contributed by atoms with Gasteiger partial charge in [-0.3, -0.25) is 4.40 Å². The molecule has 7 aromatic carbocycles. The van der Waals surface area contributed by atoms with Crippen molar-refractivity contribution >= 4 is 49.3 Å². The van der Waals surface area contributed by atoms with Crippen LogP contribution in [0.1, 0.15) is 0 Å². The van der Waals surface area contributed by atoms with E-state index in [1.807, 2.05) is 18.2 Å². The Labute approximate surface area is 282 Å². The van der Waals surface area contributed by atoms with Crippen LogP contribution < -0.4 is 0 Å². The molecule has 0 aliphatic rings. The van der Waals surface area contributed by atoms with E-state index in [1.54, 1.807) is 0 Å².